The average Bonchev–Trinajstić information content (AvgIpc) is 3.38. The zero-order valence-corrected chi connectivity index (χ0v) is 23.8. The van der Waals surface area contributed by atoms with Gasteiger partial charge in [-0.15, -0.1) is 0 Å². The van der Waals surface area contributed by atoms with Gasteiger partial charge in [-0.2, -0.15) is 0 Å². The number of amides is 4. The Kier molecular flexibility index (Phi) is 10.4. The van der Waals surface area contributed by atoms with E-state index in [9.17, 15) is 19.2 Å². The molecule has 10 heteroatoms. The first-order valence-electron chi connectivity index (χ1n) is 14.3. The van der Waals surface area contributed by atoms with Crippen molar-refractivity contribution in [1.29, 1.82) is 0 Å². The fourth-order valence-electron chi connectivity index (χ4n) is 5.18. The first-order valence-corrected chi connectivity index (χ1v) is 14.3. The minimum absolute atomic E-state index is 0.00396. The van der Waals surface area contributed by atoms with Crippen molar-refractivity contribution < 1.29 is 23.9 Å². The summed E-state index contributed by atoms with van der Waals surface area (Å²) in [5.41, 5.74) is 2.89. The Morgan fingerprint density at radius 1 is 1.00 bits per heavy atom. The number of carbonyl (C=O) groups is 4. The van der Waals surface area contributed by atoms with Crippen LogP contribution in [0.4, 0.5) is 10.5 Å². The summed E-state index contributed by atoms with van der Waals surface area (Å²) >= 11 is 0. The first kappa shape index (κ1) is 29.6. The number of para-hydroxylation sites is 1. The summed E-state index contributed by atoms with van der Waals surface area (Å²) in [6, 6.07) is 14.4. The molecule has 0 saturated carbocycles. The number of urea groups is 1. The second kappa shape index (κ2) is 14.3. The van der Waals surface area contributed by atoms with E-state index < -0.39 is 0 Å². The topological polar surface area (TPSA) is 124 Å². The molecule has 4 rings (SSSR count). The predicted molar refractivity (Wildman–Crippen MR) is 158 cm³/mol. The molecule has 3 aromatic rings. The lowest BCUT2D eigenvalue weighted by atomic mass is 10.1. The van der Waals surface area contributed by atoms with Crippen LogP contribution in [0.2, 0.25) is 0 Å². The monoisotopic (exact) mass is 561 g/mol. The van der Waals surface area contributed by atoms with Crippen LogP contribution in [0.25, 0.3) is 10.9 Å². The van der Waals surface area contributed by atoms with Gasteiger partial charge >= 0.3 is 12.0 Å². The second-order valence-electron chi connectivity index (χ2n) is 10.3. The summed E-state index contributed by atoms with van der Waals surface area (Å²) in [4.78, 5) is 56.9. The zero-order valence-electron chi connectivity index (χ0n) is 23.8. The summed E-state index contributed by atoms with van der Waals surface area (Å²) in [6.07, 6.45) is 4.74. The van der Waals surface area contributed by atoms with E-state index >= 15 is 0 Å². The SMILES string of the molecule is CCOC(=O)CCCCCNC(=O)Nc1cccc2c(CC(=O)N3CCN(C(=O)c4ccccc4)C[C@H]3C)c[nH]c12. The Morgan fingerprint density at radius 3 is 2.56 bits per heavy atom. The van der Waals surface area contributed by atoms with Crippen LogP contribution in [0, 0.1) is 0 Å². The molecule has 1 aromatic heterocycles. The number of hydrogen-bond acceptors (Lipinski definition) is 5. The fourth-order valence-corrected chi connectivity index (χ4v) is 5.18. The molecule has 0 radical (unpaired) electrons. The molecule has 0 unspecified atom stereocenters. The van der Waals surface area contributed by atoms with Gasteiger partial charge < -0.3 is 30.2 Å². The number of hydrogen-bond donors (Lipinski definition) is 3. The van der Waals surface area contributed by atoms with Gasteiger partial charge in [-0.1, -0.05) is 36.8 Å². The number of piperazine rings is 1. The lowest BCUT2D eigenvalue weighted by Gasteiger charge is -2.40. The maximum Gasteiger partial charge on any atom is 0.319 e. The van der Waals surface area contributed by atoms with Gasteiger partial charge in [-0.25, -0.2) is 4.79 Å². The molecule has 3 N–H and O–H groups in total. The lowest BCUT2D eigenvalue weighted by Crippen LogP contribution is -2.55. The Hall–Kier alpha value is -4.34. The maximum atomic E-state index is 13.3. The van der Waals surface area contributed by atoms with Gasteiger partial charge in [0.1, 0.15) is 0 Å². The van der Waals surface area contributed by atoms with Crippen LogP contribution < -0.4 is 10.6 Å². The van der Waals surface area contributed by atoms with Crippen molar-refractivity contribution in [3.63, 3.8) is 0 Å². The molecule has 0 aliphatic carbocycles. The number of nitrogens with zero attached hydrogens (tertiary/aromatic N) is 2. The number of aromatic nitrogens is 1. The molecule has 1 atom stereocenters. The highest BCUT2D eigenvalue weighted by Crippen LogP contribution is 2.26. The Morgan fingerprint density at radius 2 is 1.80 bits per heavy atom. The summed E-state index contributed by atoms with van der Waals surface area (Å²) in [5.74, 6) is -0.200. The van der Waals surface area contributed by atoms with Crippen molar-refractivity contribution in [1.82, 2.24) is 20.1 Å². The molecule has 41 heavy (non-hydrogen) atoms. The molecule has 10 nitrogen and oxygen atoms in total. The molecule has 1 aliphatic rings. The van der Waals surface area contributed by atoms with Crippen LogP contribution in [0.15, 0.2) is 54.7 Å². The maximum absolute atomic E-state index is 13.3. The number of aromatic amines is 1. The third-order valence-electron chi connectivity index (χ3n) is 7.30. The van der Waals surface area contributed by atoms with Gasteiger partial charge in [0.25, 0.3) is 5.91 Å². The minimum Gasteiger partial charge on any atom is -0.466 e. The normalized spacial score (nSPS) is 15.0. The molecule has 2 aromatic carbocycles. The highest BCUT2D eigenvalue weighted by atomic mass is 16.5. The minimum atomic E-state index is -0.313. The van der Waals surface area contributed by atoms with Crippen LogP contribution in [0.3, 0.4) is 0 Å². The number of fused-ring (bicyclic) bond motifs is 1. The number of nitrogens with one attached hydrogen (secondary N) is 3. The number of ether oxygens (including phenoxy) is 1. The molecule has 1 saturated heterocycles. The van der Waals surface area contributed by atoms with Crippen LogP contribution in [0.5, 0.6) is 0 Å². The van der Waals surface area contributed by atoms with Gasteiger partial charge in [-0.05, 0) is 50.5 Å². The Bertz CT molecular complexity index is 1360. The van der Waals surface area contributed by atoms with Gasteiger partial charge in [0.15, 0.2) is 0 Å². The van der Waals surface area contributed by atoms with E-state index in [-0.39, 0.29) is 36.3 Å². The molecule has 0 bridgehead atoms. The number of H-pyrrole nitrogens is 1. The Labute approximate surface area is 240 Å². The molecule has 4 amide bonds. The van der Waals surface area contributed by atoms with Gasteiger partial charge in [0, 0.05) is 55.8 Å². The number of esters is 1. The largest absolute Gasteiger partial charge is 0.466 e. The van der Waals surface area contributed by atoms with Gasteiger partial charge in [0.05, 0.1) is 24.2 Å². The van der Waals surface area contributed by atoms with Crippen molar-refractivity contribution in [2.24, 2.45) is 0 Å². The zero-order chi connectivity index (χ0) is 29.2. The van der Waals surface area contributed by atoms with Gasteiger partial charge in [0.2, 0.25) is 5.91 Å². The van der Waals surface area contributed by atoms with E-state index in [2.05, 4.69) is 15.6 Å². The van der Waals surface area contributed by atoms with Crippen LogP contribution >= 0.6 is 0 Å². The van der Waals surface area contributed by atoms with Crippen LogP contribution in [0.1, 0.15) is 55.5 Å². The predicted octanol–water partition coefficient (Wildman–Crippen LogP) is 4.33. The van der Waals surface area contributed by atoms with Crippen molar-refractivity contribution in [3.8, 4) is 0 Å². The van der Waals surface area contributed by atoms with Crippen molar-refractivity contribution in [2.75, 3.05) is 38.1 Å². The molecule has 1 fully saturated rings. The number of unbranched alkanes of at least 4 members (excludes halogenated alkanes) is 2. The van der Waals surface area contributed by atoms with Crippen molar-refractivity contribution >= 4 is 40.4 Å². The summed E-state index contributed by atoms with van der Waals surface area (Å²) in [6.45, 7) is 6.11. The van der Waals surface area contributed by atoms with Crippen molar-refractivity contribution in [3.05, 3.63) is 65.9 Å². The molecule has 1 aliphatic heterocycles. The summed E-state index contributed by atoms with van der Waals surface area (Å²) < 4.78 is 4.92. The summed E-state index contributed by atoms with van der Waals surface area (Å²) in [5, 5.41) is 6.61. The molecular weight excluding hydrogens is 522 g/mol. The Balaban J connectivity index is 1.27. The highest BCUT2D eigenvalue weighted by Gasteiger charge is 2.30. The van der Waals surface area contributed by atoms with E-state index in [0.717, 1.165) is 35.7 Å². The fraction of sp³-hybridized carbons (Fsp3) is 0.419. The number of rotatable bonds is 11. The number of anilines is 1. The second-order valence-corrected chi connectivity index (χ2v) is 10.3. The average molecular weight is 562 g/mol. The molecule has 2 heterocycles. The van der Waals surface area contributed by atoms with E-state index in [1.165, 1.54) is 0 Å². The van der Waals surface area contributed by atoms with Crippen LogP contribution in [-0.2, 0) is 20.7 Å². The van der Waals surface area contributed by atoms with Crippen molar-refractivity contribution in [2.45, 2.75) is 52.0 Å². The third-order valence-corrected chi connectivity index (χ3v) is 7.30. The van der Waals surface area contributed by atoms with Gasteiger partial charge in [-0.3, -0.25) is 14.4 Å². The highest BCUT2D eigenvalue weighted by molar-refractivity contribution is 6.02. The molecule has 0 spiro atoms. The first-order chi connectivity index (χ1) is 19.9. The number of benzene rings is 2. The van der Waals surface area contributed by atoms with E-state index in [0.29, 0.717) is 50.5 Å². The lowest BCUT2D eigenvalue weighted by molar-refractivity contribution is -0.143. The summed E-state index contributed by atoms with van der Waals surface area (Å²) in [7, 11) is 0. The smallest absolute Gasteiger partial charge is 0.319 e. The van der Waals surface area contributed by atoms with E-state index in [1.54, 1.807) is 6.92 Å². The molecule has 218 valence electrons. The standard InChI is InChI=1S/C31H39N5O5/c1-3-41-28(38)15-8-5-9-16-32-31(40)34-26-14-10-13-25-24(20-33-29(25)26)19-27(37)36-18-17-35(21-22(36)2)30(39)23-11-6-4-7-12-23/h4,6-7,10-14,20,22,33H,3,5,8-9,15-19,21H2,1-2H3,(H2,32,34,40)/t22-/m1/s1. The van der Waals surface area contributed by atoms with E-state index in [1.807, 2.05) is 71.5 Å². The third kappa shape index (κ3) is 7.87. The van der Waals surface area contributed by atoms with E-state index in [4.69, 9.17) is 4.74 Å². The number of carbonyl (C=O) groups excluding carboxylic acids is 4. The molecular formula is C31H39N5O5. The van der Waals surface area contributed by atoms with Crippen LogP contribution in [-0.4, -0.2) is 77.4 Å². The quantitative estimate of drug-likeness (QED) is 0.238.